The number of nitro groups is 1. The maximum atomic E-state index is 11.7. The van der Waals surface area contributed by atoms with Crippen LogP contribution >= 0.6 is 0 Å². The molecule has 0 aliphatic carbocycles. The first kappa shape index (κ1) is 13.4. The fraction of sp³-hybridized carbons (Fsp3) is 0.0833. The van der Waals surface area contributed by atoms with Crippen LogP contribution in [0.1, 0.15) is 16.1 Å². The zero-order chi connectivity index (χ0) is 14.9. The van der Waals surface area contributed by atoms with E-state index in [0.29, 0.717) is 5.56 Å². The van der Waals surface area contributed by atoms with Gasteiger partial charge in [0.25, 0.3) is 11.2 Å². The standard InChI is InChI=1S/C12H9N3O5/c1-6-9(12(17)18)11(16)14-10(13-6)7-3-2-4-8(5-7)15(19)20/h2-5H,1H3,(H,17,18)(H,13,14,16). The van der Waals surface area contributed by atoms with E-state index >= 15 is 0 Å². The van der Waals surface area contributed by atoms with E-state index in [1.165, 1.54) is 31.2 Å². The van der Waals surface area contributed by atoms with Gasteiger partial charge in [-0.1, -0.05) is 12.1 Å². The summed E-state index contributed by atoms with van der Waals surface area (Å²) >= 11 is 0. The highest BCUT2D eigenvalue weighted by molar-refractivity contribution is 5.88. The molecule has 102 valence electrons. The van der Waals surface area contributed by atoms with Crippen molar-refractivity contribution in [2.45, 2.75) is 6.92 Å². The number of non-ortho nitro benzene ring substituents is 1. The Morgan fingerprint density at radius 3 is 2.70 bits per heavy atom. The summed E-state index contributed by atoms with van der Waals surface area (Å²) in [7, 11) is 0. The van der Waals surface area contributed by atoms with E-state index in [0.717, 1.165) is 0 Å². The number of aromatic amines is 1. The van der Waals surface area contributed by atoms with Gasteiger partial charge in [-0.25, -0.2) is 9.78 Å². The molecule has 1 heterocycles. The Morgan fingerprint density at radius 1 is 1.45 bits per heavy atom. The minimum absolute atomic E-state index is 0.0442. The first-order valence-corrected chi connectivity index (χ1v) is 5.49. The third-order valence-electron chi connectivity index (χ3n) is 2.64. The molecule has 0 saturated heterocycles. The molecule has 2 aromatic rings. The van der Waals surface area contributed by atoms with Crippen LogP contribution in [-0.4, -0.2) is 26.0 Å². The van der Waals surface area contributed by atoms with Gasteiger partial charge in [-0.3, -0.25) is 14.9 Å². The largest absolute Gasteiger partial charge is 0.477 e. The van der Waals surface area contributed by atoms with Gasteiger partial charge in [0, 0.05) is 17.7 Å². The summed E-state index contributed by atoms with van der Waals surface area (Å²) in [4.78, 5) is 39.0. The average molecular weight is 275 g/mol. The van der Waals surface area contributed by atoms with Gasteiger partial charge in [0.15, 0.2) is 0 Å². The quantitative estimate of drug-likeness (QED) is 0.643. The molecular weight excluding hydrogens is 266 g/mol. The predicted molar refractivity (Wildman–Crippen MR) is 68.6 cm³/mol. The number of carboxylic acid groups (broad SMARTS) is 1. The topological polar surface area (TPSA) is 126 Å². The van der Waals surface area contributed by atoms with Gasteiger partial charge in [0.1, 0.15) is 11.4 Å². The second-order valence-electron chi connectivity index (χ2n) is 3.99. The summed E-state index contributed by atoms with van der Waals surface area (Å²) in [5, 5.41) is 19.6. The summed E-state index contributed by atoms with van der Waals surface area (Å²) in [6.45, 7) is 1.39. The van der Waals surface area contributed by atoms with Crippen LogP contribution in [0.4, 0.5) is 5.69 Å². The zero-order valence-electron chi connectivity index (χ0n) is 10.3. The molecule has 2 N–H and O–H groups in total. The summed E-state index contributed by atoms with van der Waals surface area (Å²) in [6, 6.07) is 5.54. The third-order valence-corrected chi connectivity index (χ3v) is 2.64. The first-order valence-electron chi connectivity index (χ1n) is 5.49. The molecule has 0 aliphatic rings. The minimum Gasteiger partial charge on any atom is -0.477 e. The molecule has 1 aromatic carbocycles. The number of rotatable bonds is 3. The van der Waals surface area contributed by atoms with E-state index in [-0.39, 0.29) is 17.2 Å². The van der Waals surface area contributed by atoms with E-state index in [1.807, 2.05) is 0 Å². The lowest BCUT2D eigenvalue weighted by Gasteiger charge is -2.04. The molecule has 0 unspecified atom stereocenters. The van der Waals surface area contributed by atoms with Crippen LogP contribution < -0.4 is 5.56 Å². The SMILES string of the molecule is Cc1nc(-c2cccc([N+](=O)[O-])c2)[nH]c(=O)c1C(=O)O. The molecule has 0 bridgehead atoms. The highest BCUT2D eigenvalue weighted by Crippen LogP contribution is 2.20. The Morgan fingerprint density at radius 2 is 2.15 bits per heavy atom. The number of benzene rings is 1. The van der Waals surface area contributed by atoms with Crippen molar-refractivity contribution in [2.24, 2.45) is 0 Å². The van der Waals surface area contributed by atoms with Gasteiger partial charge in [0.05, 0.1) is 10.6 Å². The molecule has 1 aromatic heterocycles. The normalized spacial score (nSPS) is 10.2. The van der Waals surface area contributed by atoms with Crippen LogP contribution in [0.5, 0.6) is 0 Å². The van der Waals surface area contributed by atoms with Gasteiger partial charge in [-0.05, 0) is 6.92 Å². The van der Waals surface area contributed by atoms with E-state index in [9.17, 15) is 19.7 Å². The van der Waals surface area contributed by atoms with E-state index in [4.69, 9.17) is 5.11 Å². The number of carboxylic acids is 1. The van der Waals surface area contributed by atoms with Crippen molar-refractivity contribution in [3.05, 3.63) is 56.0 Å². The second-order valence-corrected chi connectivity index (χ2v) is 3.99. The van der Waals surface area contributed by atoms with Gasteiger partial charge >= 0.3 is 5.97 Å². The fourth-order valence-corrected chi connectivity index (χ4v) is 1.74. The van der Waals surface area contributed by atoms with Crippen molar-refractivity contribution in [3.8, 4) is 11.4 Å². The van der Waals surface area contributed by atoms with Crippen molar-refractivity contribution < 1.29 is 14.8 Å². The summed E-state index contributed by atoms with van der Waals surface area (Å²) < 4.78 is 0. The van der Waals surface area contributed by atoms with Crippen molar-refractivity contribution in [2.75, 3.05) is 0 Å². The minimum atomic E-state index is -1.37. The summed E-state index contributed by atoms with van der Waals surface area (Å²) in [5.41, 5.74) is -1.02. The Balaban J connectivity index is 2.60. The maximum Gasteiger partial charge on any atom is 0.343 e. The number of carbonyl (C=O) groups is 1. The Hall–Kier alpha value is -3.03. The number of aryl methyl sites for hydroxylation is 1. The molecule has 0 amide bonds. The first-order chi connectivity index (χ1) is 9.40. The summed E-state index contributed by atoms with van der Waals surface area (Å²) in [5.74, 6) is -1.29. The molecule has 0 atom stereocenters. The highest BCUT2D eigenvalue weighted by Gasteiger charge is 2.16. The lowest BCUT2D eigenvalue weighted by atomic mass is 10.1. The molecule has 0 saturated carbocycles. The molecular formula is C12H9N3O5. The maximum absolute atomic E-state index is 11.7. The molecule has 8 heteroatoms. The van der Waals surface area contributed by atoms with Gasteiger partial charge in [0.2, 0.25) is 0 Å². The second kappa shape index (κ2) is 4.92. The Kier molecular flexibility index (Phi) is 3.30. The van der Waals surface area contributed by atoms with Crippen molar-refractivity contribution >= 4 is 11.7 Å². The number of nitrogens with zero attached hydrogens (tertiary/aromatic N) is 2. The van der Waals surface area contributed by atoms with Crippen LogP contribution in [0.3, 0.4) is 0 Å². The Bertz CT molecular complexity index is 766. The lowest BCUT2D eigenvalue weighted by molar-refractivity contribution is -0.384. The van der Waals surface area contributed by atoms with Gasteiger partial charge in [-0.15, -0.1) is 0 Å². The van der Waals surface area contributed by atoms with E-state index in [2.05, 4.69) is 9.97 Å². The average Bonchev–Trinajstić information content (AvgIpc) is 2.37. The number of H-pyrrole nitrogens is 1. The van der Waals surface area contributed by atoms with Crippen LogP contribution in [-0.2, 0) is 0 Å². The van der Waals surface area contributed by atoms with Gasteiger partial charge in [-0.2, -0.15) is 0 Å². The molecule has 0 fully saturated rings. The van der Waals surface area contributed by atoms with Crippen molar-refractivity contribution in [1.29, 1.82) is 0 Å². The Labute approximate surface area is 111 Å². The van der Waals surface area contributed by atoms with E-state index in [1.54, 1.807) is 0 Å². The number of hydrogen-bond donors (Lipinski definition) is 2. The number of hydrogen-bond acceptors (Lipinski definition) is 5. The number of aromatic carboxylic acids is 1. The zero-order valence-corrected chi connectivity index (χ0v) is 10.3. The number of nitrogens with one attached hydrogen (secondary N) is 1. The molecule has 0 aliphatic heterocycles. The molecule has 0 radical (unpaired) electrons. The van der Waals surface area contributed by atoms with E-state index < -0.39 is 22.0 Å². The molecule has 2 rings (SSSR count). The molecule has 8 nitrogen and oxygen atoms in total. The molecule has 0 spiro atoms. The molecule has 20 heavy (non-hydrogen) atoms. The van der Waals surface area contributed by atoms with Crippen LogP contribution in [0.25, 0.3) is 11.4 Å². The fourth-order valence-electron chi connectivity index (χ4n) is 1.74. The van der Waals surface area contributed by atoms with Crippen LogP contribution in [0.15, 0.2) is 29.1 Å². The smallest absolute Gasteiger partial charge is 0.343 e. The summed E-state index contributed by atoms with van der Waals surface area (Å²) in [6.07, 6.45) is 0. The third kappa shape index (κ3) is 2.39. The van der Waals surface area contributed by atoms with Crippen LogP contribution in [0.2, 0.25) is 0 Å². The van der Waals surface area contributed by atoms with Crippen molar-refractivity contribution in [3.63, 3.8) is 0 Å². The van der Waals surface area contributed by atoms with Crippen LogP contribution in [0, 0.1) is 17.0 Å². The van der Waals surface area contributed by atoms with Gasteiger partial charge < -0.3 is 10.1 Å². The highest BCUT2D eigenvalue weighted by atomic mass is 16.6. The number of aromatic nitrogens is 2. The van der Waals surface area contributed by atoms with Crippen molar-refractivity contribution in [1.82, 2.24) is 9.97 Å². The number of nitro benzene ring substituents is 1. The lowest BCUT2D eigenvalue weighted by Crippen LogP contribution is -2.21. The predicted octanol–water partition coefficient (Wildman–Crippen LogP) is 1.35. The monoisotopic (exact) mass is 275 g/mol.